The minimum atomic E-state index is -1.32. The van der Waals surface area contributed by atoms with E-state index in [4.69, 9.17) is 10.8 Å². The van der Waals surface area contributed by atoms with Crippen molar-refractivity contribution in [1.82, 2.24) is 25.9 Å². The van der Waals surface area contributed by atoms with Crippen LogP contribution < -0.4 is 21.7 Å². The van der Waals surface area contributed by atoms with Crippen molar-refractivity contribution in [2.45, 2.75) is 43.8 Å². The van der Waals surface area contributed by atoms with Crippen molar-refractivity contribution in [3.05, 3.63) is 72.1 Å². The van der Waals surface area contributed by atoms with E-state index < -0.39 is 60.8 Å². The number of carboxylic acid groups (broad SMARTS) is 2. The molecule has 0 spiro atoms. The molecular weight excluding hydrogens is 544 g/mol. The largest absolute Gasteiger partial charge is 0.481 e. The number of fused-ring (bicyclic) bond motifs is 2. The molecule has 0 aliphatic heterocycles. The number of hydrogen-bond acceptors (Lipinski definition) is 6. The molecule has 2 aromatic heterocycles. The Labute approximate surface area is 239 Å². The van der Waals surface area contributed by atoms with E-state index in [0.717, 1.165) is 27.4 Å². The zero-order valence-corrected chi connectivity index (χ0v) is 22.6. The Morgan fingerprint density at radius 2 is 1.26 bits per heavy atom. The highest BCUT2D eigenvalue weighted by atomic mass is 16.4. The Morgan fingerprint density at radius 3 is 1.83 bits per heavy atom. The molecule has 0 saturated carbocycles. The number of carbonyl (C=O) groups is 5. The molecule has 0 aliphatic carbocycles. The van der Waals surface area contributed by atoms with Gasteiger partial charge in [-0.3, -0.25) is 24.0 Å². The van der Waals surface area contributed by atoms with Crippen LogP contribution in [-0.2, 0) is 36.8 Å². The van der Waals surface area contributed by atoms with E-state index in [2.05, 4.69) is 25.9 Å². The summed E-state index contributed by atoms with van der Waals surface area (Å²) in [6, 6.07) is 11.2. The lowest BCUT2D eigenvalue weighted by molar-refractivity contribution is -0.138. The summed E-state index contributed by atoms with van der Waals surface area (Å²) < 4.78 is 0. The first-order valence-electron chi connectivity index (χ1n) is 13.3. The molecule has 9 N–H and O–H groups in total. The van der Waals surface area contributed by atoms with Gasteiger partial charge in [-0.25, -0.2) is 0 Å². The molecule has 3 unspecified atom stereocenters. The lowest BCUT2D eigenvalue weighted by atomic mass is 10.0. The van der Waals surface area contributed by atoms with Gasteiger partial charge in [0.2, 0.25) is 17.7 Å². The van der Waals surface area contributed by atoms with Gasteiger partial charge in [0.1, 0.15) is 18.6 Å². The number of amides is 3. The molecule has 4 aromatic rings. The van der Waals surface area contributed by atoms with E-state index >= 15 is 0 Å². The summed E-state index contributed by atoms with van der Waals surface area (Å²) in [5, 5.41) is 27.3. The first kappa shape index (κ1) is 29.8. The third-order valence-electron chi connectivity index (χ3n) is 6.88. The number of aromatic amines is 2. The van der Waals surface area contributed by atoms with Crippen LogP contribution in [0.4, 0.5) is 0 Å². The zero-order valence-electron chi connectivity index (χ0n) is 22.6. The summed E-state index contributed by atoms with van der Waals surface area (Å²) in [5.41, 5.74) is 9.34. The Bertz CT molecular complexity index is 1610. The number of aliphatic carboxylic acids is 2. The second kappa shape index (κ2) is 13.5. The van der Waals surface area contributed by atoms with Gasteiger partial charge < -0.3 is 41.9 Å². The molecular formula is C29H32N6O7. The van der Waals surface area contributed by atoms with Crippen LogP contribution in [0.3, 0.4) is 0 Å². The van der Waals surface area contributed by atoms with Crippen LogP contribution in [0.15, 0.2) is 60.9 Å². The summed E-state index contributed by atoms with van der Waals surface area (Å²) in [5.74, 6) is -4.68. The number of hydrogen-bond donors (Lipinski definition) is 8. The number of nitrogens with one attached hydrogen (secondary N) is 5. The van der Waals surface area contributed by atoms with Crippen LogP contribution >= 0.6 is 0 Å². The number of H-pyrrole nitrogens is 2. The fraction of sp³-hybridized carbons (Fsp3) is 0.276. The quantitative estimate of drug-likeness (QED) is 0.107. The monoisotopic (exact) mass is 576 g/mol. The Hall–Kier alpha value is -5.17. The van der Waals surface area contributed by atoms with E-state index in [1.54, 1.807) is 12.4 Å². The molecule has 0 aliphatic rings. The standard InChI is InChI=1S/C29H32N6O7/c30-20(11-16-13-31-21-7-3-1-5-18(16)21)27(40)34-23(9-10-25(36)37)29(42)35-24(28(41)33-15-26(38)39)12-17-14-32-22-8-4-2-6-19(17)22/h1-8,13-14,20,23-24,31-32H,9-12,15,30H2,(H,33,41)(H,34,40)(H,35,42)(H,36,37)(H,38,39). The maximum Gasteiger partial charge on any atom is 0.322 e. The summed E-state index contributed by atoms with van der Waals surface area (Å²) in [4.78, 5) is 67.9. The number of para-hydroxylation sites is 2. The lowest BCUT2D eigenvalue weighted by Crippen LogP contribution is -2.56. The molecule has 0 bridgehead atoms. The summed E-state index contributed by atoms with van der Waals surface area (Å²) in [6.45, 7) is -0.666. The second-order valence-corrected chi connectivity index (χ2v) is 9.90. The van der Waals surface area contributed by atoms with E-state index in [1.165, 1.54) is 0 Å². The number of carbonyl (C=O) groups excluding carboxylic acids is 3. The van der Waals surface area contributed by atoms with Crippen molar-refractivity contribution >= 4 is 51.5 Å². The molecule has 2 aromatic carbocycles. The maximum atomic E-state index is 13.4. The summed E-state index contributed by atoms with van der Waals surface area (Å²) in [6.07, 6.45) is 2.89. The van der Waals surface area contributed by atoms with E-state index in [1.807, 2.05) is 48.5 Å². The fourth-order valence-corrected chi connectivity index (χ4v) is 4.73. The topological polar surface area (TPSA) is 219 Å². The SMILES string of the molecule is NC(Cc1c[nH]c2ccccc12)C(=O)NC(CCC(=O)O)C(=O)NC(Cc1c[nH]c2ccccc12)C(=O)NCC(=O)O. The van der Waals surface area contributed by atoms with Crippen molar-refractivity contribution in [3.8, 4) is 0 Å². The van der Waals surface area contributed by atoms with Gasteiger partial charge in [0.15, 0.2) is 0 Å². The van der Waals surface area contributed by atoms with Gasteiger partial charge >= 0.3 is 11.9 Å². The van der Waals surface area contributed by atoms with Crippen LogP contribution in [-0.4, -0.2) is 74.5 Å². The molecule has 3 atom stereocenters. The van der Waals surface area contributed by atoms with Gasteiger partial charge in [-0.05, 0) is 36.1 Å². The maximum absolute atomic E-state index is 13.4. The first-order valence-corrected chi connectivity index (χ1v) is 13.3. The van der Waals surface area contributed by atoms with E-state index in [0.29, 0.717) is 5.56 Å². The number of nitrogens with two attached hydrogens (primary N) is 1. The number of aromatic nitrogens is 2. The highest BCUT2D eigenvalue weighted by Crippen LogP contribution is 2.20. The number of carboxylic acids is 2. The van der Waals surface area contributed by atoms with Gasteiger partial charge in [0.05, 0.1) is 6.04 Å². The van der Waals surface area contributed by atoms with Crippen LogP contribution in [0.25, 0.3) is 21.8 Å². The summed E-state index contributed by atoms with van der Waals surface area (Å²) in [7, 11) is 0. The van der Waals surface area contributed by atoms with Crippen LogP contribution in [0, 0.1) is 0 Å². The normalized spacial score (nSPS) is 13.3. The average molecular weight is 577 g/mol. The molecule has 13 nitrogen and oxygen atoms in total. The second-order valence-electron chi connectivity index (χ2n) is 9.90. The first-order chi connectivity index (χ1) is 20.1. The zero-order chi connectivity index (χ0) is 30.2. The van der Waals surface area contributed by atoms with Gasteiger partial charge in [0.25, 0.3) is 0 Å². The molecule has 0 saturated heterocycles. The molecule has 220 valence electrons. The number of rotatable bonds is 14. The smallest absolute Gasteiger partial charge is 0.322 e. The molecule has 3 amide bonds. The van der Waals surface area contributed by atoms with Crippen LogP contribution in [0.2, 0.25) is 0 Å². The molecule has 42 heavy (non-hydrogen) atoms. The Balaban J connectivity index is 1.50. The fourth-order valence-electron chi connectivity index (χ4n) is 4.73. The molecule has 13 heteroatoms. The minimum absolute atomic E-state index is 0.000873. The molecule has 2 heterocycles. The average Bonchev–Trinajstić information content (AvgIpc) is 3.57. The van der Waals surface area contributed by atoms with Crippen molar-refractivity contribution < 1.29 is 34.2 Å². The lowest BCUT2D eigenvalue weighted by Gasteiger charge is -2.24. The molecule has 4 rings (SSSR count). The predicted octanol–water partition coefficient (Wildman–Crippen LogP) is 0.797. The summed E-state index contributed by atoms with van der Waals surface area (Å²) >= 11 is 0. The third-order valence-corrected chi connectivity index (χ3v) is 6.88. The van der Waals surface area contributed by atoms with Crippen LogP contribution in [0.1, 0.15) is 24.0 Å². The van der Waals surface area contributed by atoms with Gasteiger partial charge in [0, 0.05) is 47.0 Å². The highest BCUT2D eigenvalue weighted by Gasteiger charge is 2.29. The number of benzene rings is 2. The Morgan fingerprint density at radius 1 is 0.714 bits per heavy atom. The highest BCUT2D eigenvalue weighted by molar-refractivity contribution is 5.95. The van der Waals surface area contributed by atoms with Gasteiger partial charge in [-0.2, -0.15) is 0 Å². The van der Waals surface area contributed by atoms with E-state index in [9.17, 15) is 29.1 Å². The Kier molecular flexibility index (Phi) is 9.55. The van der Waals surface area contributed by atoms with E-state index in [-0.39, 0.29) is 19.3 Å². The van der Waals surface area contributed by atoms with Crippen LogP contribution in [0.5, 0.6) is 0 Å². The minimum Gasteiger partial charge on any atom is -0.481 e. The van der Waals surface area contributed by atoms with Gasteiger partial charge in [-0.1, -0.05) is 36.4 Å². The van der Waals surface area contributed by atoms with Crippen molar-refractivity contribution in [1.29, 1.82) is 0 Å². The molecule has 0 fully saturated rings. The third kappa shape index (κ3) is 7.52. The van der Waals surface area contributed by atoms with Crippen molar-refractivity contribution in [2.75, 3.05) is 6.54 Å². The molecule has 0 radical (unpaired) electrons. The van der Waals surface area contributed by atoms with Crippen molar-refractivity contribution in [3.63, 3.8) is 0 Å². The predicted molar refractivity (Wildman–Crippen MR) is 153 cm³/mol. The van der Waals surface area contributed by atoms with Gasteiger partial charge in [-0.15, -0.1) is 0 Å². The van der Waals surface area contributed by atoms with Crippen molar-refractivity contribution in [2.24, 2.45) is 5.73 Å².